The fraction of sp³-hybridized carbons (Fsp3) is 0.667. The predicted molar refractivity (Wildman–Crippen MR) is 63.9 cm³/mol. The van der Waals surface area contributed by atoms with Crippen LogP contribution in [0.5, 0.6) is 0 Å². The molecule has 1 fully saturated rings. The molecule has 0 aliphatic heterocycles. The largest absolute Gasteiger partial charge is 0.396 e. The smallest absolute Gasteiger partial charge is 0.0462 e. The molecule has 1 heterocycles. The number of aliphatic hydroxyl groups is 1. The minimum atomic E-state index is 0.366. The van der Waals surface area contributed by atoms with Crippen LogP contribution in [0.1, 0.15) is 24.8 Å². The van der Waals surface area contributed by atoms with E-state index in [1.54, 1.807) is 11.3 Å². The van der Waals surface area contributed by atoms with Crippen LogP contribution < -0.4 is 5.32 Å². The molecule has 1 saturated carbocycles. The van der Waals surface area contributed by atoms with Gasteiger partial charge in [0, 0.05) is 13.2 Å². The number of rotatable bonds is 5. The van der Waals surface area contributed by atoms with E-state index in [2.05, 4.69) is 22.1 Å². The predicted octanol–water partition coefficient (Wildman–Crippen LogP) is 2.25. The summed E-state index contributed by atoms with van der Waals surface area (Å²) in [5.74, 6) is 1.23. The first-order valence-corrected chi connectivity index (χ1v) is 6.67. The molecule has 1 aliphatic rings. The molecule has 0 spiro atoms. The Hall–Kier alpha value is -0.380. The Morgan fingerprint density at radius 2 is 2.27 bits per heavy atom. The Morgan fingerprint density at radius 3 is 3.00 bits per heavy atom. The van der Waals surface area contributed by atoms with E-state index >= 15 is 0 Å². The highest BCUT2D eigenvalue weighted by molar-refractivity contribution is 7.07. The molecule has 0 amide bonds. The van der Waals surface area contributed by atoms with Crippen molar-refractivity contribution in [2.75, 3.05) is 13.2 Å². The zero-order valence-corrected chi connectivity index (χ0v) is 9.80. The van der Waals surface area contributed by atoms with Crippen molar-refractivity contribution in [3.05, 3.63) is 22.4 Å². The lowest BCUT2D eigenvalue weighted by Gasteiger charge is -2.17. The highest BCUT2D eigenvalue weighted by Gasteiger charge is 2.25. The summed E-state index contributed by atoms with van der Waals surface area (Å²) in [4.78, 5) is 0. The van der Waals surface area contributed by atoms with Crippen LogP contribution in [-0.2, 0) is 6.54 Å². The molecule has 0 saturated heterocycles. The monoisotopic (exact) mass is 225 g/mol. The fourth-order valence-electron chi connectivity index (χ4n) is 2.42. The zero-order chi connectivity index (χ0) is 10.5. The molecule has 1 aliphatic carbocycles. The lowest BCUT2D eigenvalue weighted by atomic mass is 9.97. The third-order valence-electron chi connectivity index (χ3n) is 3.37. The van der Waals surface area contributed by atoms with Crippen molar-refractivity contribution in [3.8, 4) is 0 Å². The molecule has 0 bridgehead atoms. The van der Waals surface area contributed by atoms with E-state index in [0.717, 1.165) is 13.1 Å². The number of nitrogens with one attached hydrogen (secondary N) is 1. The van der Waals surface area contributed by atoms with Crippen molar-refractivity contribution in [3.63, 3.8) is 0 Å². The normalized spacial score (nSPS) is 25.9. The van der Waals surface area contributed by atoms with Gasteiger partial charge in [-0.05, 0) is 53.6 Å². The zero-order valence-electron chi connectivity index (χ0n) is 8.98. The van der Waals surface area contributed by atoms with E-state index in [4.69, 9.17) is 0 Å². The van der Waals surface area contributed by atoms with Crippen molar-refractivity contribution in [2.24, 2.45) is 11.8 Å². The minimum absolute atomic E-state index is 0.366. The van der Waals surface area contributed by atoms with E-state index in [1.807, 2.05) is 0 Å². The quantitative estimate of drug-likeness (QED) is 0.805. The van der Waals surface area contributed by atoms with Crippen LogP contribution in [-0.4, -0.2) is 18.3 Å². The second-order valence-electron chi connectivity index (χ2n) is 4.40. The van der Waals surface area contributed by atoms with Crippen LogP contribution in [0.15, 0.2) is 16.8 Å². The molecule has 1 aromatic heterocycles. The van der Waals surface area contributed by atoms with Crippen LogP contribution >= 0.6 is 11.3 Å². The van der Waals surface area contributed by atoms with Gasteiger partial charge in [0.05, 0.1) is 0 Å². The average Bonchev–Trinajstić information content (AvgIpc) is 2.88. The highest BCUT2D eigenvalue weighted by Crippen LogP contribution is 2.30. The molecule has 2 rings (SSSR count). The second-order valence-corrected chi connectivity index (χ2v) is 5.18. The molecule has 2 unspecified atom stereocenters. The Labute approximate surface area is 95.3 Å². The summed E-state index contributed by atoms with van der Waals surface area (Å²) in [6, 6.07) is 2.16. The molecule has 2 nitrogen and oxygen atoms in total. The molecule has 2 atom stereocenters. The average molecular weight is 225 g/mol. The van der Waals surface area contributed by atoms with Gasteiger partial charge in [0.15, 0.2) is 0 Å². The van der Waals surface area contributed by atoms with Gasteiger partial charge in [0.25, 0.3) is 0 Å². The van der Waals surface area contributed by atoms with Gasteiger partial charge in [-0.25, -0.2) is 0 Å². The van der Waals surface area contributed by atoms with Crippen molar-refractivity contribution < 1.29 is 5.11 Å². The SMILES string of the molecule is OCC1CCCC1CNCc1ccsc1. The number of hydrogen-bond acceptors (Lipinski definition) is 3. The molecular formula is C12H19NOS. The standard InChI is InChI=1S/C12H19NOS/c14-8-12-3-1-2-11(12)7-13-6-10-4-5-15-9-10/h4-5,9,11-14H,1-3,6-8H2. The summed E-state index contributed by atoms with van der Waals surface area (Å²) >= 11 is 1.75. The van der Waals surface area contributed by atoms with Crippen molar-refractivity contribution in [2.45, 2.75) is 25.8 Å². The number of aliphatic hydroxyl groups excluding tert-OH is 1. The lowest BCUT2D eigenvalue weighted by molar-refractivity contribution is 0.192. The van der Waals surface area contributed by atoms with Gasteiger partial charge in [0.2, 0.25) is 0 Å². The van der Waals surface area contributed by atoms with E-state index in [1.165, 1.54) is 24.8 Å². The van der Waals surface area contributed by atoms with Gasteiger partial charge < -0.3 is 10.4 Å². The van der Waals surface area contributed by atoms with E-state index in [9.17, 15) is 5.11 Å². The molecule has 3 heteroatoms. The lowest BCUT2D eigenvalue weighted by Crippen LogP contribution is -2.26. The van der Waals surface area contributed by atoms with E-state index < -0.39 is 0 Å². The van der Waals surface area contributed by atoms with Gasteiger partial charge >= 0.3 is 0 Å². The minimum Gasteiger partial charge on any atom is -0.396 e. The maximum atomic E-state index is 9.19. The fourth-order valence-corrected chi connectivity index (χ4v) is 3.09. The van der Waals surface area contributed by atoms with Gasteiger partial charge in [-0.1, -0.05) is 6.42 Å². The molecular weight excluding hydrogens is 206 g/mol. The van der Waals surface area contributed by atoms with Gasteiger partial charge in [-0.2, -0.15) is 11.3 Å². The summed E-state index contributed by atoms with van der Waals surface area (Å²) in [5, 5.41) is 17.0. The summed E-state index contributed by atoms with van der Waals surface area (Å²) in [7, 11) is 0. The molecule has 84 valence electrons. The summed E-state index contributed by atoms with van der Waals surface area (Å²) in [5.41, 5.74) is 1.37. The van der Waals surface area contributed by atoms with Gasteiger partial charge in [-0.15, -0.1) is 0 Å². The van der Waals surface area contributed by atoms with Crippen molar-refractivity contribution in [1.29, 1.82) is 0 Å². The Morgan fingerprint density at radius 1 is 1.40 bits per heavy atom. The first-order valence-electron chi connectivity index (χ1n) is 5.73. The molecule has 0 radical (unpaired) electrons. The van der Waals surface area contributed by atoms with Gasteiger partial charge in [-0.3, -0.25) is 0 Å². The third-order valence-corrected chi connectivity index (χ3v) is 4.10. The van der Waals surface area contributed by atoms with Gasteiger partial charge in [0.1, 0.15) is 0 Å². The highest BCUT2D eigenvalue weighted by atomic mass is 32.1. The van der Waals surface area contributed by atoms with E-state index in [-0.39, 0.29) is 0 Å². The maximum absolute atomic E-state index is 9.19. The summed E-state index contributed by atoms with van der Waals surface area (Å²) in [6.07, 6.45) is 3.78. The Kier molecular flexibility index (Phi) is 4.18. The van der Waals surface area contributed by atoms with Crippen LogP contribution in [0.25, 0.3) is 0 Å². The summed E-state index contributed by atoms with van der Waals surface area (Å²) < 4.78 is 0. The van der Waals surface area contributed by atoms with E-state index in [0.29, 0.717) is 18.4 Å². The molecule has 0 aromatic carbocycles. The first kappa shape index (κ1) is 11.1. The first-order chi connectivity index (χ1) is 7.40. The third kappa shape index (κ3) is 3.03. The second kappa shape index (κ2) is 5.64. The van der Waals surface area contributed by atoms with Crippen molar-refractivity contribution >= 4 is 11.3 Å². The van der Waals surface area contributed by atoms with Crippen LogP contribution in [0.4, 0.5) is 0 Å². The molecule has 1 aromatic rings. The maximum Gasteiger partial charge on any atom is 0.0462 e. The Bertz CT molecular complexity index is 273. The van der Waals surface area contributed by atoms with Crippen LogP contribution in [0.2, 0.25) is 0 Å². The summed E-state index contributed by atoms with van der Waals surface area (Å²) in [6.45, 7) is 2.39. The topological polar surface area (TPSA) is 32.3 Å². The molecule has 2 N–H and O–H groups in total. The number of thiophene rings is 1. The van der Waals surface area contributed by atoms with Crippen molar-refractivity contribution in [1.82, 2.24) is 5.32 Å². The Balaban J connectivity index is 1.69. The van der Waals surface area contributed by atoms with Crippen LogP contribution in [0, 0.1) is 11.8 Å². The van der Waals surface area contributed by atoms with Crippen LogP contribution in [0.3, 0.4) is 0 Å². The molecule has 15 heavy (non-hydrogen) atoms. The number of hydrogen-bond donors (Lipinski definition) is 2.